The Morgan fingerprint density at radius 3 is 1.58 bits per heavy atom. The molecule has 0 saturated carbocycles. The van der Waals surface area contributed by atoms with Crippen LogP contribution in [0.1, 0.15) is 25.5 Å². The number of imidazole rings is 2. The number of Topliss-reactive ketones (excluding diaryl/α,β-unsaturated/α-hetero) is 2. The van der Waals surface area contributed by atoms with Gasteiger partial charge in [0.25, 0.3) is 11.1 Å². The molecule has 0 atom stereocenters. The third-order valence-corrected chi connectivity index (χ3v) is 9.08. The minimum absolute atomic E-state index is 0.0113. The number of aromatic nitrogens is 10. The molecule has 312 valence electrons. The molecule has 0 fully saturated rings. The fourth-order valence-corrected chi connectivity index (χ4v) is 5.94. The van der Waals surface area contributed by atoms with Gasteiger partial charge in [0.2, 0.25) is 11.8 Å². The Labute approximate surface area is 352 Å². The Kier molecular flexibility index (Phi) is 15.6. The third kappa shape index (κ3) is 11.2. The monoisotopic (exact) mass is 964 g/mol. The molecule has 0 aliphatic rings. The zero-order valence-corrected chi connectivity index (χ0v) is 35.5. The van der Waals surface area contributed by atoms with Crippen molar-refractivity contribution >= 4 is 101 Å². The van der Waals surface area contributed by atoms with Crippen molar-refractivity contribution in [3.63, 3.8) is 0 Å². The molecule has 0 spiro atoms. The molecule has 59 heavy (non-hydrogen) atoms. The lowest BCUT2D eigenvalue weighted by Crippen LogP contribution is -2.41. The van der Waals surface area contributed by atoms with Crippen molar-refractivity contribution < 1.29 is 29.4 Å². The first-order valence-corrected chi connectivity index (χ1v) is 19.0. The maximum Gasteiger partial charge on any atom is 0.332 e. The summed E-state index contributed by atoms with van der Waals surface area (Å²) in [6, 6.07) is 10.0. The van der Waals surface area contributed by atoms with Gasteiger partial charge < -0.3 is 30.0 Å². The highest BCUT2D eigenvalue weighted by Crippen LogP contribution is 2.15. The minimum Gasteiger partial charge on any atom is -0.388 e. The number of rotatable bonds is 11. The number of alkyl halides is 1. The second-order valence-electron chi connectivity index (χ2n) is 12.3. The number of nitrogens with zero attached hydrogens (tertiary/aromatic N) is 9. The highest BCUT2D eigenvalue weighted by atomic mass is 79.9. The van der Waals surface area contributed by atoms with Crippen LogP contribution in [0.15, 0.2) is 64.8 Å². The molecule has 0 aliphatic carbocycles. The summed E-state index contributed by atoms with van der Waals surface area (Å²) in [5.74, 6) is -0.452. The summed E-state index contributed by atoms with van der Waals surface area (Å²) in [5, 5.41) is 24.3. The van der Waals surface area contributed by atoms with Crippen molar-refractivity contribution in [1.29, 1.82) is 0 Å². The van der Waals surface area contributed by atoms with Crippen LogP contribution in [0.4, 0.5) is 11.6 Å². The number of aliphatic hydroxyl groups excluding tert-OH is 2. The smallest absolute Gasteiger partial charge is 0.332 e. The number of aryl methyl sites for hydroxylation is 2. The fourth-order valence-electron chi connectivity index (χ4n) is 5.25. The summed E-state index contributed by atoms with van der Waals surface area (Å²) in [6.45, 7) is 0.616. The van der Waals surface area contributed by atoms with Gasteiger partial charge in [0.05, 0.1) is 12.4 Å². The lowest BCUT2D eigenvalue weighted by Gasteiger charge is -2.10. The van der Waals surface area contributed by atoms with E-state index in [1.54, 1.807) is 36.4 Å². The van der Waals surface area contributed by atoms with E-state index in [-0.39, 0.29) is 64.5 Å². The average Bonchev–Trinajstić information content (AvgIpc) is 3.73. The van der Waals surface area contributed by atoms with Crippen LogP contribution in [0, 0.1) is 0 Å². The number of H-pyrrole nitrogens is 1. The third-order valence-electron chi connectivity index (χ3n) is 7.82. The number of carbonyl (C=O) groups is 4. The van der Waals surface area contributed by atoms with Gasteiger partial charge >= 0.3 is 11.4 Å². The fraction of sp³-hybridized carbons (Fsp3) is 0.294. The van der Waals surface area contributed by atoms with Crippen LogP contribution in [0.5, 0.6) is 0 Å². The van der Waals surface area contributed by atoms with E-state index in [9.17, 15) is 48.6 Å². The highest BCUT2D eigenvalue weighted by molar-refractivity contribution is 9.10. The van der Waals surface area contributed by atoms with Crippen molar-refractivity contribution in [2.45, 2.75) is 46.7 Å². The number of hydrogen-bond acceptors (Lipinski definition) is 14. The summed E-state index contributed by atoms with van der Waals surface area (Å²) < 4.78 is 6.59. The summed E-state index contributed by atoms with van der Waals surface area (Å²) in [5.41, 5.74) is -2.72. The van der Waals surface area contributed by atoms with E-state index in [4.69, 9.17) is 11.6 Å². The maximum atomic E-state index is 12.9. The first kappa shape index (κ1) is 45.7. The number of pyridine rings is 2. The lowest BCUT2D eigenvalue weighted by molar-refractivity contribution is -0.118. The van der Waals surface area contributed by atoms with E-state index in [2.05, 4.69) is 67.4 Å². The van der Waals surface area contributed by atoms with E-state index < -0.39 is 54.1 Å². The topological polar surface area (TPSA) is 293 Å². The Bertz CT molecular complexity index is 2830. The summed E-state index contributed by atoms with van der Waals surface area (Å²) in [4.78, 5) is 114. The van der Waals surface area contributed by atoms with Crippen molar-refractivity contribution in [2.75, 3.05) is 16.5 Å². The van der Waals surface area contributed by atoms with Gasteiger partial charge in [-0.3, -0.25) is 47.5 Å². The van der Waals surface area contributed by atoms with E-state index in [0.29, 0.717) is 20.8 Å². The van der Waals surface area contributed by atoms with Gasteiger partial charge in [0.1, 0.15) is 70.4 Å². The predicted molar refractivity (Wildman–Crippen MR) is 220 cm³/mol. The van der Waals surface area contributed by atoms with Crippen LogP contribution in [0.2, 0.25) is 0 Å². The minimum atomic E-state index is -0.765. The summed E-state index contributed by atoms with van der Waals surface area (Å²) >= 11 is 11.4. The van der Waals surface area contributed by atoms with Crippen LogP contribution in [0.25, 0.3) is 22.3 Å². The van der Waals surface area contributed by atoms with E-state index in [1.165, 1.54) is 37.1 Å². The van der Waals surface area contributed by atoms with Crippen LogP contribution in [-0.2, 0) is 66.1 Å². The normalized spacial score (nSPS) is 10.7. The van der Waals surface area contributed by atoms with Crippen molar-refractivity contribution in [3.8, 4) is 0 Å². The second kappa shape index (κ2) is 20.1. The predicted octanol–water partition coefficient (Wildman–Crippen LogP) is 0.300. The van der Waals surface area contributed by atoms with Crippen molar-refractivity contribution in [2.24, 2.45) is 14.1 Å². The molecule has 6 heterocycles. The van der Waals surface area contributed by atoms with Crippen LogP contribution >= 0.6 is 43.5 Å². The van der Waals surface area contributed by atoms with Gasteiger partial charge in [0.15, 0.2) is 22.3 Å². The molecule has 2 amide bonds. The molecule has 0 bridgehead atoms. The standard InChI is InChI=1S/C17H17BrN6O5.C14H13BrN6O4.C3H5ClO/c1-9(26)6-24-16(28)14-15(22(2)17(24)29)21-12(8-25)23(14)7-13(27)20-11-5-3-4-10(18)19-11;1-20-12-11(13(24)19-14(20)25)21(9(6-22)18-12)5-10(23)17-8-4-2-3-7(15)16-8;1-3(5)2-4/h3-5,25H,6-8H2,1-2H3,(H,19,20,27);2-4,22H,5-6H2,1H3,(H,16,17,23)(H,19,24,25);2H2,1H3. The summed E-state index contributed by atoms with van der Waals surface area (Å²) in [7, 11) is 2.83. The van der Waals surface area contributed by atoms with Crippen molar-refractivity contribution in [3.05, 3.63) is 98.9 Å². The molecule has 25 heteroatoms. The number of halogens is 3. The Morgan fingerprint density at radius 1 is 0.695 bits per heavy atom. The maximum absolute atomic E-state index is 12.9. The number of nitrogens with one attached hydrogen (secondary N) is 3. The molecule has 6 rings (SSSR count). The summed E-state index contributed by atoms with van der Waals surface area (Å²) in [6.07, 6.45) is 0. The molecule has 0 aromatic carbocycles. The number of amides is 2. The zero-order valence-electron chi connectivity index (χ0n) is 31.5. The molecule has 6 aromatic heterocycles. The van der Waals surface area contributed by atoms with E-state index in [1.807, 2.05) is 0 Å². The number of hydrogen-bond donors (Lipinski definition) is 5. The lowest BCUT2D eigenvalue weighted by atomic mass is 10.4. The first-order valence-electron chi connectivity index (χ1n) is 16.9. The Hall–Kier alpha value is -5.95. The zero-order chi connectivity index (χ0) is 43.7. The van der Waals surface area contributed by atoms with Gasteiger partial charge in [0, 0.05) is 14.1 Å². The van der Waals surface area contributed by atoms with E-state index in [0.717, 1.165) is 13.7 Å². The van der Waals surface area contributed by atoms with Gasteiger partial charge in [-0.1, -0.05) is 12.1 Å². The first-order chi connectivity index (χ1) is 27.9. The van der Waals surface area contributed by atoms with E-state index >= 15 is 0 Å². The molecule has 5 N–H and O–H groups in total. The SMILES string of the molecule is CC(=O)CCl.CC(=O)Cn1c(=O)c2c(nc(CO)n2CC(=O)Nc2cccc(Br)n2)n(C)c1=O.Cn1c(=O)[nH]c(=O)c2c1nc(CO)n2CC(=O)Nc1cccc(Br)n1. The van der Waals surface area contributed by atoms with Gasteiger partial charge in [-0.05, 0) is 70.0 Å². The number of aromatic amines is 1. The Morgan fingerprint density at radius 2 is 1.15 bits per heavy atom. The molecule has 0 radical (unpaired) electrons. The van der Waals surface area contributed by atoms with Gasteiger partial charge in [-0.25, -0.2) is 29.5 Å². The van der Waals surface area contributed by atoms with Crippen LogP contribution in [-0.4, -0.2) is 87.2 Å². The molecular formula is C34H35Br2ClN12O10. The second-order valence-corrected chi connectivity index (χ2v) is 14.2. The number of aliphatic hydroxyl groups is 2. The quantitative estimate of drug-likeness (QED) is 0.0863. The van der Waals surface area contributed by atoms with Crippen molar-refractivity contribution in [1.82, 2.24) is 47.8 Å². The number of fused-ring (bicyclic) bond motifs is 2. The van der Waals surface area contributed by atoms with Gasteiger partial charge in [-0.2, -0.15) is 0 Å². The average molecular weight is 967 g/mol. The van der Waals surface area contributed by atoms with Crippen LogP contribution < -0.4 is 33.1 Å². The van der Waals surface area contributed by atoms with Crippen LogP contribution in [0.3, 0.4) is 0 Å². The highest BCUT2D eigenvalue weighted by Gasteiger charge is 2.23. The molecule has 22 nitrogen and oxygen atoms in total. The largest absolute Gasteiger partial charge is 0.388 e. The Balaban J connectivity index is 0.000000236. The molecule has 0 unspecified atom stereocenters. The molecule has 0 aliphatic heterocycles. The molecular weight excluding hydrogens is 932 g/mol. The van der Waals surface area contributed by atoms with Gasteiger partial charge in [-0.15, -0.1) is 11.6 Å². The molecule has 0 saturated heterocycles. The number of anilines is 2. The number of carbonyl (C=O) groups excluding carboxylic acids is 4. The number of ketones is 2. The molecule has 6 aromatic rings.